The van der Waals surface area contributed by atoms with E-state index in [1.54, 1.807) is 18.4 Å². The Balaban J connectivity index is 1.79. The standard InChI is InChI=1S/C15H27N3O2S/c1-10-11(2)20-12(3)14(10)15-18-17-13(21-15)6-5-7-16-8-9-19-4/h10-12,14,16H,5-9H2,1-4H3. The molecule has 1 N–H and O–H groups in total. The third-order valence-electron chi connectivity index (χ3n) is 4.24. The van der Waals surface area contributed by atoms with Gasteiger partial charge in [-0.15, -0.1) is 21.5 Å². The largest absolute Gasteiger partial charge is 0.383 e. The molecule has 1 aliphatic rings. The van der Waals surface area contributed by atoms with Crippen molar-refractivity contribution in [1.29, 1.82) is 0 Å². The summed E-state index contributed by atoms with van der Waals surface area (Å²) in [4.78, 5) is 0. The molecule has 1 aromatic heterocycles. The van der Waals surface area contributed by atoms with E-state index < -0.39 is 0 Å². The summed E-state index contributed by atoms with van der Waals surface area (Å²) in [6.45, 7) is 9.21. The minimum absolute atomic E-state index is 0.242. The van der Waals surface area contributed by atoms with Gasteiger partial charge >= 0.3 is 0 Å². The lowest BCUT2D eigenvalue weighted by Crippen LogP contribution is -2.20. The Morgan fingerprint density at radius 1 is 1.19 bits per heavy atom. The first kappa shape index (κ1) is 16.8. The molecule has 1 saturated heterocycles. The predicted octanol–water partition coefficient (Wildman–Crippen LogP) is 2.23. The SMILES string of the molecule is COCCNCCCc1nnc(C2C(C)OC(C)C2C)s1. The monoisotopic (exact) mass is 313 g/mol. The van der Waals surface area contributed by atoms with Crippen molar-refractivity contribution in [1.82, 2.24) is 15.5 Å². The summed E-state index contributed by atoms with van der Waals surface area (Å²) in [6.07, 6.45) is 2.62. The van der Waals surface area contributed by atoms with E-state index in [1.807, 2.05) is 0 Å². The van der Waals surface area contributed by atoms with Crippen LogP contribution in [0.3, 0.4) is 0 Å². The van der Waals surface area contributed by atoms with Crippen molar-refractivity contribution >= 4 is 11.3 Å². The van der Waals surface area contributed by atoms with Crippen LogP contribution < -0.4 is 5.32 Å². The molecule has 1 aliphatic heterocycles. The van der Waals surface area contributed by atoms with Gasteiger partial charge in [0.25, 0.3) is 0 Å². The van der Waals surface area contributed by atoms with Gasteiger partial charge in [0.05, 0.1) is 18.8 Å². The molecule has 4 atom stereocenters. The molecule has 0 bridgehead atoms. The average Bonchev–Trinajstić information content (AvgIpc) is 3.00. The van der Waals surface area contributed by atoms with E-state index in [4.69, 9.17) is 9.47 Å². The molecule has 0 spiro atoms. The average molecular weight is 313 g/mol. The van der Waals surface area contributed by atoms with Crippen LogP contribution in [0.4, 0.5) is 0 Å². The Kier molecular flexibility index (Phi) is 6.54. The zero-order valence-corrected chi connectivity index (χ0v) is 14.3. The summed E-state index contributed by atoms with van der Waals surface area (Å²) in [5.41, 5.74) is 0. The molecular weight excluding hydrogens is 286 g/mol. The Bertz CT molecular complexity index is 427. The van der Waals surface area contributed by atoms with Crippen LogP contribution in [-0.4, -0.2) is 49.2 Å². The third kappa shape index (κ3) is 4.45. The quantitative estimate of drug-likeness (QED) is 0.746. The van der Waals surface area contributed by atoms with Gasteiger partial charge in [-0.25, -0.2) is 0 Å². The second-order valence-corrected chi connectivity index (χ2v) is 6.91. The molecule has 2 heterocycles. The maximum Gasteiger partial charge on any atom is 0.123 e. The second kappa shape index (κ2) is 8.17. The van der Waals surface area contributed by atoms with Crippen LogP contribution in [-0.2, 0) is 15.9 Å². The fraction of sp³-hybridized carbons (Fsp3) is 0.867. The van der Waals surface area contributed by atoms with Gasteiger partial charge in [-0.1, -0.05) is 6.92 Å². The van der Waals surface area contributed by atoms with Crippen LogP contribution >= 0.6 is 11.3 Å². The van der Waals surface area contributed by atoms with Crippen LogP contribution in [0.5, 0.6) is 0 Å². The van der Waals surface area contributed by atoms with Gasteiger partial charge in [0.1, 0.15) is 10.0 Å². The number of hydrogen-bond donors (Lipinski definition) is 1. The first-order chi connectivity index (χ1) is 10.1. The van der Waals surface area contributed by atoms with Crippen molar-refractivity contribution in [3.8, 4) is 0 Å². The minimum atomic E-state index is 0.242. The maximum atomic E-state index is 5.90. The molecule has 0 aliphatic carbocycles. The Labute approximate surface area is 131 Å². The van der Waals surface area contributed by atoms with E-state index in [-0.39, 0.29) is 6.10 Å². The van der Waals surface area contributed by atoms with Crippen LogP contribution in [0.15, 0.2) is 0 Å². The van der Waals surface area contributed by atoms with E-state index in [0.717, 1.165) is 42.6 Å². The van der Waals surface area contributed by atoms with E-state index >= 15 is 0 Å². The molecule has 0 amide bonds. The number of hydrogen-bond acceptors (Lipinski definition) is 6. The van der Waals surface area contributed by atoms with Crippen LogP contribution in [0.2, 0.25) is 0 Å². The van der Waals surface area contributed by atoms with Gasteiger partial charge in [-0.05, 0) is 32.7 Å². The van der Waals surface area contributed by atoms with Crippen molar-refractivity contribution in [3.05, 3.63) is 10.0 Å². The van der Waals surface area contributed by atoms with Crippen molar-refractivity contribution in [2.45, 2.75) is 51.7 Å². The van der Waals surface area contributed by atoms with E-state index in [2.05, 4.69) is 36.3 Å². The van der Waals surface area contributed by atoms with Crippen molar-refractivity contribution in [2.75, 3.05) is 26.8 Å². The number of methoxy groups -OCH3 is 1. The van der Waals surface area contributed by atoms with Gasteiger partial charge in [-0.3, -0.25) is 0 Å². The van der Waals surface area contributed by atoms with E-state index in [1.165, 1.54) is 0 Å². The van der Waals surface area contributed by atoms with Crippen LogP contribution in [0.25, 0.3) is 0 Å². The summed E-state index contributed by atoms with van der Waals surface area (Å²) in [5.74, 6) is 0.905. The first-order valence-corrected chi connectivity index (χ1v) is 8.62. The number of nitrogens with one attached hydrogen (secondary N) is 1. The number of aryl methyl sites for hydroxylation is 1. The van der Waals surface area contributed by atoms with Gasteiger partial charge in [-0.2, -0.15) is 0 Å². The summed E-state index contributed by atoms with van der Waals surface area (Å²) in [5, 5.41) is 14.4. The van der Waals surface area contributed by atoms with Gasteiger partial charge in [0.15, 0.2) is 0 Å². The minimum Gasteiger partial charge on any atom is -0.383 e. The Hall–Kier alpha value is -0.560. The molecule has 0 saturated carbocycles. The van der Waals surface area contributed by atoms with Crippen molar-refractivity contribution in [2.24, 2.45) is 5.92 Å². The first-order valence-electron chi connectivity index (χ1n) is 7.81. The van der Waals surface area contributed by atoms with E-state index in [0.29, 0.717) is 17.9 Å². The number of rotatable bonds is 8. The molecular formula is C15H27N3O2S. The number of aromatic nitrogens is 2. The fourth-order valence-electron chi connectivity index (χ4n) is 2.86. The normalized spacial score (nSPS) is 29.1. The molecule has 6 heteroatoms. The molecule has 1 aromatic rings. The topological polar surface area (TPSA) is 56.3 Å². The summed E-state index contributed by atoms with van der Waals surface area (Å²) >= 11 is 1.75. The molecule has 0 aromatic carbocycles. The molecule has 0 radical (unpaired) electrons. The van der Waals surface area contributed by atoms with Crippen LogP contribution in [0.1, 0.15) is 43.1 Å². The number of ether oxygens (including phenoxy) is 2. The summed E-state index contributed by atoms with van der Waals surface area (Å²) < 4.78 is 10.9. The van der Waals surface area contributed by atoms with E-state index in [9.17, 15) is 0 Å². The predicted molar refractivity (Wildman–Crippen MR) is 84.9 cm³/mol. The highest BCUT2D eigenvalue weighted by atomic mass is 32.1. The van der Waals surface area contributed by atoms with Crippen molar-refractivity contribution in [3.63, 3.8) is 0 Å². The lowest BCUT2D eigenvalue weighted by Gasteiger charge is -2.14. The van der Waals surface area contributed by atoms with Gasteiger partial charge in [0, 0.05) is 26.0 Å². The molecule has 4 unspecified atom stereocenters. The van der Waals surface area contributed by atoms with Gasteiger partial charge in [0.2, 0.25) is 0 Å². The molecule has 120 valence electrons. The Morgan fingerprint density at radius 2 is 2.00 bits per heavy atom. The smallest absolute Gasteiger partial charge is 0.123 e. The Morgan fingerprint density at radius 3 is 2.67 bits per heavy atom. The maximum absolute atomic E-state index is 5.90. The lowest BCUT2D eigenvalue weighted by molar-refractivity contribution is 0.0556. The van der Waals surface area contributed by atoms with Crippen LogP contribution in [0, 0.1) is 5.92 Å². The van der Waals surface area contributed by atoms with Crippen molar-refractivity contribution < 1.29 is 9.47 Å². The summed E-state index contributed by atoms with van der Waals surface area (Å²) in [7, 11) is 1.72. The third-order valence-corrected chi connectivity index (χ3v) is 5.32. The molecule has 2 rings (SSSR count). The second-order valence-electron chi connectivity index (χ2n) is 5.81. The zero-order valence-electron chi connectivity index (χ0n) is 13.5. The summed E-state index contributed by atoms with van der Waals surface area (Å²) in [6, 6.07) is 0. The lowest BCUT2D eigenvalue weighted by atomic mass is 9.90. The fourth-order valence-corrected chi connectivity index (χ4v) is 4.05. The highest BCUT2D eigenvalue weighted by molar-refractivity contribution is 7.11. The molecule has 21 heavy (non-hydrogen) atoms. The van der Waals surface area contributed by atoms with Gasteiger partial charge < -0.3 is 14.8 Å². The molecule has 5 nitrogen and oxygen atoms in total. The zero-order chi connectivity index (χ0) is 15.2. The molecule has 1 fully saturated rings. The number of nitrogens with zero attached hydrogens (tertiary/aromatic N) is 2. The highest BCUT2D eigenvalue weighted by Crippen LogP contribution is 2.40. The highest BCUT2D eigenvalue weighted by Gasteiger charge is 2.39.